The standard InChI is InChI=1S/C26H45N3O10SSi2/c1-16-14-29(23(32)28(8)19(16)30)20-18(37-41(10,11)24(2,3)4)26(21(36-20)38-42(12,13)25(5,6)7)17(27-22(31)35-9)15-40(33,34)39-26/h14-15,18,20-21H,1-13H3,(H,27,31)/t18?,20-,21?,26?/m1/s1. The highest BCUT2D eigenvalue weighted by atomic mass is 32.2. The summed E-state index contributed by atoms with van der Waals surface area (Å²) in [7, 11) is -7.47. The van der Waals surface area contributed by atoms with E-state index in [1.807, 2.05) is 67.7 Å². The van der Waals surface area contributed by atoms with Crippen molar-refractivity contribution in [3.05, 3.63) is 43.7 Å². The maximum atomic E-state index is 13.5. The Balaban J connectivity index is 2.43. The number of alkyl carbamates (subject to hydrolysis) is 1. The maximum absolute atomic E-state index is 13.5. The van der Waals surface area contributed by atoms with Crippen molar-refractivity contribution in [3.63, 3.8) is 0 Å². The highest BCUT2D eigenvalue weighted by molar-refractivity contribution is 7.90. The van der Waals surface area contributed by atoms with E-state index in [1.165, 1.54) is 17.8 Å². The molecule has 1 spiro atoms. The number of nitrogens with zero attached hydrogens (tertiary/aromatic N) is 2. The first kappa shape index (κ1) is 34.4. The average molecular weight is 648 g/mol. The quantitative estimate of drug-likeness (QED) is 0.359. The van der Waals surface area contributed by atoms with Gasteiger partial charge in [-0.15, -0.1) is 0 Å². The van der Waals surface area contributed by atoms with Crippen LogP contribution < -0.4 is 16.6 Å². The lowest BCUT2D eigenvalue weighted by Gasteiger charge is -2.45. The molecule has 2 aliphatic heterocycles. The molecule has 1 aromatic heterocycles. The molecular formula is C26H45N3O10SSi2. The number of nitrogens with one attached hydrogen (secondary N) is 1. The second kappa shape index (κ2) is 10.8. The molecule has 0 bridgehead atoms. The first-order valence-electron chi connectivity index (χ1n) is 13.6. The van der Waals surface area contributed by atoms with E-state index < -0.39 is 68.3 Å². The third-order valence-corrected chi connectivity index (χ3v) is 18.8. The van der Waals surface area contributed by atoms with Gasteiger partial charge in [-0.25, -0.2) is 13.8 Å². The van der Waals surface area contributed by atoms with Gasteiger partial charge in [0, 0.05) is 18.8 Å². The van der Waals surface area contributed by atoms with E-state index in [9.17, 15) is 22.8 Å². The number of methoxy groups -OCH3 is 1. The van der Waals surface area contributed by atoms with Gasteiger partial charge in [0.15, 0.2) is 29.2 Å². The van der Waals surface area contributed by atoms with Gasteiger partial charge in [-0.2, -0.15) is 8.42 Å². The van der Waals surface area contributed by atoms with Crippen molar-refractivity contribution in [1.82, 2.24) is 14.5 Å². The Bertz CT molecular complexity index is 1500. The smallest absolute Gasteiger partial charge is 0.411 e. The normalized spacial score (nSPS) is 26.4. The van der Waals surface area contributed by atoms with Crippen molar-refractivity contribution in [2.24, 2.45) is 7.05 Å². The summed E-state index contributed by atoms with van der Waals surface area (Å²) in [6.45, 7) is 21.3. The van der Waals surface area contributed by atoms with E-state index in [1.54, 1.807) is 6.92 Å². The summed E-state index contributed by atoms with van der Waals surface area (Å²) in [4.78, 5) is 38.7. The number of carbonyl (C=O) groups excluding carboxylic acids is 1. The highest BCUT2D eigenvalue weighted by Gasteiger charge is 2.70. The third-order valence-electron chi connectivity index (χ3n) is 8.85. The number of rotatable bonds is 6. The molecule has 1 N–H and O–H groups in total. The van der Waals surface area contributed by atoms with Gasteiger partial charge < -0.3 is 18.3 Å². The van der Waals surface area contributed by atoms with Crippen LogP contribution in [0.5, 0.6) is 0 Å². The van der Waals surface area contributed by atoms with Crippen LogP contribution in [0.25, 0.3) is 0 Å². The minimum atomic E-state index is -4.41. The number of amides is 1. The molecule has 1 aromatic rings. The summed E-state index contributed by atoms with van der Waals surface area (Å²) in [5, 5.41) is 2.54. The Hall–Kier alpha value is -2.09. The fourth-order valence-corrected chi connectivity index (χ4v) is 7.86. The number of hydrogen-bond acceptors (Lipinski definition) is 10. The van der Waals surface area contributed by atoms with Crippen molar-refractivity contribution in [1.29, 1.82) is 0 Å². The van der Waals surface area contributed by atoms with E-state index in [0.29, 0.717) is 0 Å². The van der Waals surface area contributed by atoms with Crippen molar-refractivity contribution in [3.8, 4) is 0 Å². The van der Waals surface area contributed by atoms with Gasteiger partial charge in [0.25, 0.3) is 15.7 Å². The Labute approximate surface area is 249 Å². The molecular weight excluding hydrogens is 603 g/mol. The molecule has 3 heterocycles. The molecule has 16 heteroatoms. The topological polar surface area (TPSA) is 153 Å². The van der Waals surface area contributed by atoms with Crippen molar-refractivity contribution in [2.75, 3.05) is 7.11 Å². The van der Waals surface area contributed by atoms with Crippen LogP contribution in [0.2, 0.25) is 36.3 Å². The zero-order chi connectivity index (χ0) is 32.4. The van der Waals surface area contributed by atoms with Gasteiger partial charge in [0.1, 0.15) is 6.10 Å². The largest absolute Gasteiger partial charge is 0.453 e. The lowest BCUT2D eigenvalue weighted by molar-refractivity contribution is -0.147. The van der Waals surface area contributed by atoms with Gasteiger partial charge in [-0.3, -0.25) is 19.2 Å². The molecule has 0 aromatic carbocycles. The lowest BCUT2D eigenvalue weighted by Crippen LogP contribution is -2.61. The summed E-state index contributed by atoms with van der Waals surface area (Å²) >= 11 is 0. The zero-order valence-electron chi connectivity index (χ0n) is 26.8. The van der Waals surface area contributed by atoms with E-state index >= 15 is 0 Å². The average Bonchev–Trinajstić information content (AvgIpc) is 3.25. The van der Waals surface area contributed by atoms with Crippen LogP contribution >= 0.6 is 0 Å². The molecule has 3 unspecified atom stereocenters. The van der Waals surface area contributed by atoms with E-state index in [2.05, 4.69) is 5.32 Å². The Kier molecular flexibility index (Phi) is 8.86. The predicted molar refractivity (Wildman–Crippen MR) is 161 cm³/mol. The third kappa shape index (κ3) is 5.98. The summed E-state index contributed by atoms with van der Waals surface area (Å²) in [6.07, 6.45) is -3.70. The summed E-state index contributed by atoms with van der Waals surface area (Å²) < 4.78 is 59.3. The van der Waals surface area contributed by atoms with Crippen molar-refractivity contribution in [2.45, 2.75) is 109 Å². The van der Waals surface area contributed by atoms with E-state index in [-0.39, 0.29) is 21.3 Å². The van der Waals surface area contributed by atoms with Gasteiger partial charge in [0.2, 0.25) is 5.60 Å². The molecule has 0 radical (unpaired) electrons. The molecule has 2 aliphatic rings. The van der Waals surface area contributed by atoms with Crippen LogP contribution in [0.3, 0.4) is 0 Å². The van der Waals surface area contributed by atoms with Gasteiger partial charge >= 0.3 is 11.8 Å². The molecule has 1 fully saturated rings. The van der Waals surface area contributed by atoms with Crippen LogP contribution in [-0.2, 0) is 39.7 Å². The second-order valence-corrected chi connectivity index (χ2v) is 24.8. The number of ether oxygens (including phenoxy) is 2. The molecule has 238 valence electrons. The molecule has 1 saturated heterocycles. The minimum absolute atomic E-state index is 0.209. The number of aromatic nitrogens is 2. The molecule has 0 aliphatic carbocycles. The minimum Gasteiger partial charge on any atom is -0.453 e. The number of carbonyl (C=O) groups is 1. The zero-order valence-corrected chi connectivity index (χ0v) is 29.6. The number of hydrogen-bond donors (Lipinski definition) is 1. The monoisotopic (exact) mass is 647 g/mol. The van der Waals surface area contributed by atoms with Crippen LogP contribution in [0.1, 0.15) is 53.3 Å². The Morgan fingerprint density at radius 1 is 1.02 bits per heavy atom. The summed E-state index contributed by atoms with van der Waals surface area (Å²) in [6, 6.07) is 0. The first-order chi connectivity index (χ1) is 18.8. The molecule has 0 saturated carbocycles. The summed E-state index contributed by atoms with van der Waals surface area (Å²) in [5.41, 5.74) is -3.25. The molecule has 3 rings (SSSR count). The van der Waals surface area contributed by atoms with Crippen molar-refractivity contribution < 1.29 is 35.7 Å². The lowest BCUT2D eigenvalue weighted by atomic mass is 9.93. The molecule has 42 heavy (non-hydrogen) atoms. The van der Waals surface area contributed by atoms with Gasteiger partial charge in [0.05, 0.1) is 18.2 Å². The highest BCUT2D eigenvalue weighted by Crippen LogP contribution is 2.54. The predicted octanol–water partition coefficient (Wildman–Crippen LogP) is 3.42. The van der Waals surface area contributed by atoms with Crippen LogP contribution in [0.15, 0.2) is 26.9 Å². The van der Waals surface area contributed by atoms with Crippen LogP contribution in [0.4, 0.5) is 4.79 Å². The Morgan fingerprint density at radius 3 is 2.05 bits per heavy atom. The second-order valence-electron chi connectivity index (χ2n) is 13.9. The van der Waals surface area contributed by atoms with Crippen LogP contribution in [-0.4, -0.2) is 65.4 Å². The van der Waals surface area contributed by atoms with Crippen LogP contribution in [0, 0.1) is 6.92 Å². The first-order valence-corrected chi connectivity index (χ1v) is 20.9. The fraction of sp³-hybridized carbons (Fsp3) is 0.731. The van der Waals surface area contributed by atoms with Gasteiger partial charge in [-0.1, -0.05) is 41.5 Å². The molecule has 4 atom stereocenters. The molecule has 13 nitrogen and oxygen atoms in total. The number of aryl methyl sites for hydroxylation is 1. The van der Waals surface area contributed by atoms with Crippen molar-refractivity contribution >= 4 is 32.8 Å². The summed E-state index contributed by atoms with van der Waals surface area (Å²) in [5.74, 6) is 0. The molecule has 1 amide bonds. The van der Waals surface area contributed by atoms with E-state index in [4.69, 9.17) is 22.5 Å². The maximum Gasteiger partial charge on any atom is 0.411 e. The fourth-order valence-electron chi connectivity index (χ4n) is 4.23. The van der Waals surface area contributed by atoms with Gasteiger partial charge in [-0.05, 0) is 43.2 Å². The van der Waals surface area contributed by atoms with E-state index in [0.717, 1.165) is 17.1 Å². The SMILES string of the molecule is COC(=O)NC1=CS(=O)(=O)OC12C(O[Si](C)(C)C(C)(C)C)O[C@@H](n1cc(C)c(=O)n(C)c1=O)C2O[Si](C)(C)C(C)(C)C. The Morgan fingerprint density at radius 2 is 1.55 bits per heavy atom.